The highest BCUT2D eigenvalue weighted by atomic mass is 16.4. The number of furan rings is 1. The molecule has 0 bridgehead atoms. The normalized spacial score (nSPS) is 9.81. The molecular formula is C12H16N2O2. The average Bonchev–Trinajstić information content (AvgIpc) is 2.78. The van der Waals surface area contributed by atoms with Crippen LogP contribution >= 0.6 is 0 Å². The average molecular weight is 220 g/mol. The minimum absolute atomic E-state index is 0.141. The van der Waals surface area contributed by atoms with Gasteiger partial charge in [-0.05, 0) is 19.1 Å². The zero-order chi connectivity index (χ0) is 12.0. The lowest BCUT2D eigenvalue weighted by molar-refractivity contribution is 0.0734. The SMILES string of the molecule is CCc1ccc(C(=O)N(CC)CCC#N)o1. The summed E-state index contributed by atoms with van der Waals surface area (Å²) in [6.07, 6.45) is 1.12. The Morgan fingerprint density at radius 2 is 2.25 bits per heavy atom. The molecule has 4 heteroatoms. The first-order valence-electron chi connectivity index (χ1n) is 5.47. The van der Waals surface area contributed by atoms with Gasteiger partial charge in [-0.25, -0.2) is 0 Å². The van der Waals surface area contributed by atoms with E-state index in [1.165, 1.54) is 0 Å². The van der Waals surface area contributed by atoms with Crippen LogP contribution in [0, 0.1) is 11.3 Å². The molecule has 0 fully saturated rings. The molecular weight excluding hydrogens is 204 g/mol. The summed E-state index contributed by atoms with van der Waals surface area (Å²) in [7, 11) is 0. The summed E-state index contributed by atoms with van der Waals surface area (Å²) in [6, 6.07) is 5.53. The second kappa shape index (κ2) is 5.96. The van der Waals surface area contributed by atoms with Crippen LogP contribution in [0.2, 0.25) is 0 Å². The lowest BCUT2D eigenvalue weighted by atomic mass is 10.3. The number of carbonyl (C=O) groups is 1. The third kappa shape index (κ3) is 2.86. The third-order valence-electron chi connectivity index (χ3n) is 2.38. The Morgan fingerprint density at radius 3 is 2.75 bits per heavy atom. The van der Waals surface area contributed by atoms with Crippen molar-refractivity contribution >= 4 is 5.91 Å². The monoisotopic (exact) mass is 220 g/mol. The largest absolute Gasteiger partial charge is 0.456 e. The lowest BCUT2D eigenvalue weighted by Crippen LogP contribution is -2.31. The summed E-state index contributed by atoms with van der Waals surface area (Å²) in [4.78, 5) is 13.5. The number of nitrogens with zero attached hydrogens (tertiary/aromatic N) is 2. The molecule has 0 saturated carbocycles. The molecule has 1 heterocycles. The Labute approximate surface area is 95.5 Å². The number of amides is 1. The molecule has 16 heavy (non-hydrogen) atoms. The highest BCUT2D eigenvalue weighted by molar-refractivity contribution is 5.91. The van der Waals surface area contributed by atoms with Gasteiger partial charge in [-0.1, -0.05) is 6.92 Å². The van der Waals surface area contributed by atoms with Crippen LogP contribution < -0.4 is 0 Å². The fraction of sp³-hybridized carbons (Fsp3) is 0.500. The highest BCUT2D eigenvalue weighted by Crippen LogP contribution is 2.11. The fourth-order valence-electron chi connectivity index (χ4n) is 1.43. The minimum Gasteiger partial charge on any atom is -0.456 e. The molecule has 1 aromatic rings. The molecule has 86 valence electrons. The van der Waals surface area contributed by atoms with E-state index in [1.54, 1.807) is 11.0 Å². The number of hydrogen-bond acceptors (Lipinski definition) is 3. The molecule has 0 aliphatic rings. The van der Waals surface area contributed by atoms with Crippen molar-refractivity contribution in [2.75, 3.05) is 13.1 Å². The van der Waals surface area contributed by atoms with Gasteiger partial charge in [-0.15, -0.1) is 0 Å². The van der Waals surface area contributed by atoms with Crippen LogP contribution in [-0.2, 0) is 6.42 Å². The van der Waals surface area contributed by atoms with E-state index >= 15 is 0 Å². The van der Waals surface area contributed by atoms with Gasteiger partial charge < -0.3 is 9.32 Å². The van der Waals surface area contributed by atoms with Crippen LogP contribution in [0.4, 0.5) is 0 Å². The summed E-state index contributed by atoms with van der Waals surface area (Å²) in [6.45, 7) is 4.90. The van der Waals surface area contributed by atoms with E-state index in [2.05, 4.69) is 0 Å². The molecule has 1 rings (SSSR count). The molecule has 4 nitrogen and oxygen atoms in total. The molecule has 0 N–H and O–H groups in total. The van der Waals surface area contributed by atoms with Crippen LogP contribution in [0.5, 0.6) is 0 Å². The maximum atomic E-state index is 11.9. The van der Waals surface area contributed by atoms with Crippen molar-refractivity contribution in [2.45, 2.75) is 26.7 Å². The van der Waals surface area contributed by atoms with Gasteiger partial charge in [-0.2, -0.15) is 5.26 Å². The van der Waals surface area contributed by atoms with Gasteiger partial charge in [-0.3, -0.25) is 4.79 Å². The van der Waals surface area contributed by atoms with Crippen LogP contribution in [-0.4, -0.2) is 23.9 Å². The quantitative estimate of drug-likeness (QED) is 0.764. The first kappa shape index (κ1) is 12.3. The first-order valence-corrected chi connectivity index (χ1v) is 5.47. The minimum atomic E-state index is -0.141. The smallest absolute Gasteiger partial charge is 0.289 e. The molecule has 0 atom stereocenters. The number of hydrogen-bond donors (Lipinski definition) is 0. The van der Waals surface area contributed by atoms with Gasteiger partial charge in [0.1, 0.15) is 5.76 Å². The van der Waals surface area contributed by atoms with Crippen LogP contribution in [0.3, 0.4) is 0 Å². The molecule has 0 spiro atoms. The van der Waals surface area contributed by atoms with Crippen molar-refractivity contribution in [2.24, 2.45) is 0 Å². The van der Waals surface area contributed by atoms with E-state index in [4.69, 9.17) is 9.68 Å². The second-order valence-corrected chi connectivity index (χ2v) is 3.41. The van der Waals surface area contributed by atoms with E-state index in [0.717, 1.165) is 12.2 Å². The second-order valence-electron chi connectivity index (χ2n) is 3.41. The van der Waals surface area contributed by atoms with E-state index < -0.39 is 0 Å². The van der Waals surface area contributed by atoms with Gasteiger partial charge in [0, 0.05) is 19.5 Å². The zero-order valence-electron chi connectivity index (χ0n) is 9.69. The Balaban J connectivity index is 2.71. The Kier molecular flexibility index (Phi) is 4.59. The third-order valence-corrected chi connectivity index (χ3v) is 2.38. The van der Waals surface area contributed by atoms with Gasteiger partial charge >= 0.3 is 0 Å². The van der Waals surface area contributed by atoms with Crippen molar-refractivity contribution in [3.63, 3.8) is 0 Å². The van der Waals surface area contributed by atoms with Gasteiger partial charge in [0.05, 0.1) is 12.5 Å². The highest BCUT2D eigenvalue weighted by Gasteiger charge is 2.17. The van der Waals surface area contributed by atoms with E-state index in [-0.39, 0.29) is 5.91 Å². The lowest BCUT2D eigenvalue weighted by Gasteiger charge is -2.17. The van der Waals surface area contributed by atoms with Gasteiger partial charge in [0.2, 0.25) is 0 Å². The fourth-order valence-corrected chi connectivity index (χ4v) is 1.43. The van der Waals surface area contributed by atoms with Crippen LogP contribution in [0.1, 0.15) is 36.6 Å². The number of carbonyl (C=O) groups excluding carboxylic acids is 1. The number of aryl methyl sites for hydroxylation is 1. The Morgan fingerprint density at radius 1 is 1.50 bits per heavy atom. The summed E-state index contributed by atoms with van der Waals surface area (Å²) in [5.74, 6) is 1.02. The predicted molar refractivity (Wildman–Crippen MR) is 59.9 cm³/mol. The first-order chi connectivity index (χ1) is 7.72. The Hall–Kier alpha value is -1.76. The molecule has 0 unspecified atom stereocenters. The standard InChI is InChI=1S/C12H16N2O2/c1-3-10-6-7-11(16-10)12(15)14(4-2)9-5-8-13/h6-7H,3-5,9H2,1-2H3. The number of rotatable bonds is 5. The molecule has 1 aromatic heterocycles. The van der Waals surface area contributed by atoms with Crippen molar-refractivity contribution < 1.29 is 9.21 Å². The Bertz CT molecular complexity index is 390. The van der Waals surface area contributed by atoms with E-state index in [9.17, 15) is 4.79 Å². The van der Waals surface area contributed by atoms with E-state index in [0.29, 0.717) is 25.3 Å². The maximum absolute atomic E-state index is 11.9. The summed E-state index contributed by atoms with van der Waals surface area (Å²) in [5, 5.41) is 8.49. The van der Waals surface area contributed by atoms with Crippen molar-refractivity contribution in [3.8, 4) is 6.07 Å². The maximum Gasteiger partial charge on any atom is 0.289 e. The number of nitriles is 1. The molecule has 1 amide bonds. The van der Waals surface area contributed by atoms with Gasteiger partial charge in [0.25, 0.3) is 5.91 Å². The topological polar surface area (TPSA) is 57.2 Å². The van der Waals surface area contributed by atoms with Crippen molar-refractivity contribution in [1.29, 1.82) is 5.26 Å². The molecule has 0 radical (unpaired) electrons. The summed E-state index contributed by atoms with van der Waals surface area (Å²) < 4.78 is 5.38. The van der Waals surface area contributed by atoms with Crippen molar-refractivity contribution in [1.82, 2.24) is 4.90 Å². The van der Waals surface area contributed by atoms with Crippen molar-refractivity contribution in [3.05, 3.63) is 23.7 Å². The van der Waals surface area contributed by atoms with Gasteiger partial charge in [0.15, 0.2) is 5.76 Å². The predicted octanol–water partition coefficient (Wildman–Crippen LogP) is 2.22. The molecule has 0 aromatic carbocycles. The summed E-state index contributed by atoms with van der Waals surface area (Å²) >= 11 is 0. The van der Waals surface area contributed by atoms with Crippen LogP contribution in [0.15, 0.2) is 16.5 Å². The zero-order valence-corrected chi connectivity index (χ0v) is 9.69. The summed E-state index contributed by atoms with van der Waals surface area (Å²) in [5.41, 5.74) is 0. The van der Waals surface area contributed by atoms with Crippen LogP contribution in [0.25, 0.3) is 0 Å². The van der Waals surface area contributed by atoms with E-state index in [1.807, 2.05) is 26.0 Å². The molecule has 0 aliphatic heterocycles. The molecule has 0 aliphatic carbocycles. The molecule has 0 saturated heterocycles.